The first-order chi connectivity index (χ1) is 9.79. The molecule has 0 aromatic heterocycles. The Morgan fingerprint density at radius 1 is 1.14 bits per heavy atom. The molecule has 0 aliphatic heterocycles. The van der Waals surface area contributed by atoms with Crippen molar-refractivity contribution in [1.82, 2.24) is 0 Å². The van der Waals surface area contributed by atoms with Gasteiger partial charge in [0.25, 0.3) is 15.0 Å². The Labute approximate surface area is 139 Å². The molecule has 8 heteroatoms. The third-order valence-electron chi connectivity index (χ3n) is 2.59. The summed E-state index contributed by atoms with van der Waals surface area (Å²) in [6.07, 6.45) is 0. The number of hydrogen-bond acceptors (Lipinski definition) is 3. The van der Waals surface area contributed by atoms with Crippen molar-refractivity contribution in [2.24, 2.45) is 0 Å². The van der Waals surface area contributed by atoms with Gasteiger partial charge in [0, 0.05) is 15.2 Å². The van der Waals surface area contributed by atoms with E-state index >= 15 is 0 Å². The fourth-order valence-electron chi connectivity index (χ4n) is 1.58. The molecule has 0 saturated carbocycles. The van der Waals surface area contributed by atoms with Gasteiger partial charge in [-0.2, -0.15) is 0 Å². The number of anilines is 1. The molecule has 0 heterocycles. The maximum atomic E-state index is 12.1. The zero-order valence-corrected chi connectivity index (χ0v) is 14.2. The van der Waals surface area contributed by atoms with Gasteiger partial charge in [-0.25, -0.2) is 8.42 Å². The van der Waals surface area contributed by atoms with Crippen LogP contribution in [0.2, 0.25) is 5.02 Å². The zero-order valence-electron chi connectivity index (χ0n) is 10.3. The van der Waals surface area contributed by atoms with Crippen molar-refractivity contribution in [1.29, 1.82) is 0 Å². The Morgan fingerprint density at radius 3 is 2.38 bits per heavy atom. The molecule has 2 aromatic carbocycles. The molecule has 2 aromatic rings. The van der Waals surface area contributed by atoms with Crippen LogP contribution in [0.3, 0.4) is 0 Å². The number of benzene rings is 2. The summed E-state index contributed by atoms with van der Waals surface area (Å²) < 4.78 is 23.0. The first kappa shape index (κ1) is 16.3. The Hall–Kier alpha value is -1.08. The van der Waals surface area contributed by atoms with E-state index in [0.717, 1.165) is 0 Å². The topological polar surface area (TPSA) is 63.2 Å². The molecule has 2 rings (SSSR count). The van der Waals surface area contributed by atoms with Crippen molar-refractivity contribution in [3.05, 3.63) is 57.5 Å². The molecular weight excluding hydrogens is 401 g/mol. The molecule has 0 unspecified atom stereocenters. The van der Waals surface area contributed by atoms with Crippen LogP contribution < -0.4 is 5.32 Å². The highest BCUT2D eigenvalue weighted by atomic mass is 79.9. The van der Waals surface area contributed by atoms with Gasteiger partial charge in [0.2, 0.25) is 0 Å². The second kappa shape index (κ2) is 6.36. The normalized spacial score (nSPS) is 11.2. The van der Waals surface area contributed by atoms with E-state index in [-0.39, 0.29) is 15.8 Å². The monoisotopic (exact) mass is 407 g/mol. The van der Waals surface area contributed by atoms with Gasteiger partial charge in [0.05, 0.1) is 21.2 Å². The quantitative estimate of drug-likeness (QED) is 0.770. The highest BCUT2D eigenvalue weighted by molar-refractivity contribution is 9.10. The third kappa shape index (κ3) is 3.97. The number of carbonyl (C=O) groups excluding carboxylic acids is 1. The lowest BCUT2D eigenvalue weighted by Crippen LogP contribution is -2.13. The SMILES string of the molecule is O=C(Nc1ccc(S(=O)(=O)Cl)cc1Cl)c1ccccc1Br. The molecule has 4 nitrogen and oxygen atoms in total. The van der Waals surface area contributed by atoms with E-state index < -0.39 is 9.05 Å². The fourth-order valence-corrected chi connectivity index (χ4v) is 3.12. The van der Waals surface area contributed by atoms with Gasteiger partial charge in [-0.05, 0) is 46.3 Å². The van der Waals surface area contributed by atoms with Gasteiger partial charge in [0.15, 0.2) is 0 Å². The number of carbonyl (C=O) groups is 1. The van der Waals surface area contributed by atoms with Crippen LogP contribution in [0.4, 0.5) is 5.69 Å². The minimum atomic E-state index is -3.86. The Kier molecular flexibility index (Phi) is 4.93. The number of halogens is 3. The van der Waals surface area contributed by atoms with E-state index in [4.69, 9.17) is 22.3 Å². The van der Waals surface area contributed by atoms with Crippen molar-refractivity contribution in [2.45, 2.75) is 4.90 Å². The number of nitrogens with one attached hydrogen (secondary N) is 1. The second-order valence-corrected chi connectivity index (χ2v) is 7.84. The van der Waals surface area contributed by atoms with Gasteiger partial charge in [-0.15, -0.1) is 0 Å². The number of amides is 1. The zero-order chi connectivity index (χ0) is 15.6. The van der Waals surface area contributed by atoms with Crippen molar-refractivity contribution >= 4 is 58.9 Å². The summed E-state index contributed by atoms with van der Waals surface area (Å²) in [7, 11) is 1.36. The van der Waals surface area contributed by atoms with Gasteiger partial charge in [0.1, 0.15) is 0 Å². The lowest BCUT2D eigenvalue weighted by molar-refractivity contribution is 0.102. The molecule has 1 N–H and O–H groups in total. The maximum absolute atomic E-state index is 12.1. The maximum Gasteiger partial charge on any atom is 0.261 e. The van der Waals surface area contributed by atoms with Gasteiger partial charge in [-0.3, -0.25) is 4.79 Å². The summed E-state index contributed by atoms with van der Waals surface area (Å²) in [5.41, 5.74) is 0.726. The molecular formula is C13H8BrCl2NO3S. The molecule has 0 bridgehead atoms. The largest absolute Gasteiger partial charge is 0.321 e. The van der Waals surface area contributed by atoms with E-state index in [1.54, 1.807) is 24.3 Å². The summed E-state index contributed by atoms with van der Waals surface area (Å²) in [4.78, 5) is 12.0. The average molecular weight is 409 g/mol. The van der Waals surface area contributed by atoms with Crippen LogP contribution >= 0.6 is 38.2 Å². The minimum absolute atomic E-state index is 0.0807. The summed E-state index contributed by atoms with van der Waals surface area (Å²) in [5, 5.41) is 2.69. The van der Waals surface area contributed by atoms with Crippen LogP contribution in [0.25, 0.3) is 0 Å². The summed E-state index contributed by atoms with van der Waals surface area (Å²) in [6.45, 7) is 0. The average Bonchev–Trinajstić information content (AvgIpc) is 2.40. The molecule has 21 heavy (non-hydrogen) atoms. The van der Waals surface area contributed by atoms with Crippen molar-refractivity contribution in [3.8, 4) is 0 Å². The number of rotatable bonds is 3. The van der Waals surface area contributed by atoms with Gasteiger partial charge >= 0.3 is 0 Å². The standard InChI is InChI=1S/C13H8BrCl2NO3S/c14-10-4-2-1-3-9(10)13(18)17-12-6-5-8(7-11(12)15)21(16,19)20/h1-7H,(H,17,18). The smallest absolute Gasteiger partial charge is 0.261 e. The van der Waals surface area contributed by atoms with E-state index in [0.29, 0.717) is 15.7 Å². The van der Waals surface area contributed by atoms with Crippen LogP contribution in [0, 0.1) is 0 Å². The minimum Gasteiger partial charge on any atom is -0.321 e. The summed E-state index contributed by atoms with van der Waals surface area (Å²) >= 11 is 9.23. The van der Waals surface area contributed by atoms with Crippen LogP contribution in [0.1, 0.15) is 10.4 Å². The van der Waals surface area contributed by atoms with E-state index in [1.807, 2.05) is 0 Å². The predicted molar refractivity (Wildman–Crippen MR) is 86.6 cm³/mol. The second-order valence-electron chi connectivity index (χ2n) is 4.01. The highest BCUT2D eigenvalue weighted by Gasteiger charge is 2.15. The van der Waals surface area contributed by atoms with Crippen LogP contribution in [-0.4, -0.2) is 14.3 Å². The molecule has 0 saturated heterocycles. The van der Waals surface area contributed by atoms with Crippen LogP contribution in [-0.2, 0) is 9.05 Å². The number of hydrogen-bond donors (Lipinski definition) is 1. The lowest BCUT2D eigenvalue weighted by Gasteiger charge is -2.09. The molecule has 0 atom stereocenters. The molecule has 1 amide bonds. The van der Waals surface area contributed by atoms with Crippen molar-refractivity contribution < 1.29 is 13.2 Å². The van der Waals surface area contributed by atoms with Gasteiger partial charge in [-0.1, -0.05) is 23.7 Å². The Balaban J connectivity index is 2.29. The van der Waals surface area contributed by atoms with Gasteiger partial charge < -0.3 is 5.32 Å². The molecule has 0 radical (unpaired) electrons. The van der Waals surface area contributed by atoms with E-state index in [9.17, 15) is 13.2 Å². The fraction of sp³-hybridized carbons (Fsp3) is 0. The molecule has 0 aliphatic carbocycles. The Bertz CT molecular complexity index is 809. The first-order valence-corrected chi connectivity index (χ1v) is 9.07. The molecule has 0 spiro atoms. The van der Waals surface area contributed by atoms with E-state index in [2.05, 4.69) is 21.2 Å². The van der Waals surface area contributed by atoms with Crippen molar-refractivity contribution in [2.75, 3.05) is 5.32 Å². The lowest BCUT2D eigenvalue weighted by atomic mass is 10.2. The third-order valence-corrected chi connectivity index (χ3v) is 4.94. The predicted octanol–water partition coefficient (Wildman–Crippen LogP) is 4.28. The Morgan fingerprint density at radius 2 is 1.81 bits per heavy atom. The highest BCUT2D eigenvalue weighted by Crippen LogP contribution is 2.28. The molecule has 110 valence electrons. The summed E-state index contributed by atoms with van der Waals surface area (Å²) in [5.74, 6) is -0.370. The summed E-state index contributed by atoms with van der Waals surface area (Å²) in [6, 6.07) is 10.7. The van der Waals surface area contributed by atoms with Crippen LogP contribution in [0.15, 0.2) is 51.8 Å². The van der Waals surface area contributed by atoms with E-state index in [1.165, 1.54) is 18.2 Å². The van der Waals surface area contributed by atoms with Crippen molar-refractivity contribution in [3.63, 3.8) is 0 Å². The molecule has 0 aliphatic rings. The first-order valence-electron chi connectivity index (χ1n) is 5.59. The van der Waals surface area contributed by atoms with Crippen LogP contribution in [0.5, 0.6) is 0 Å². The molecule has 0 fully saturated rings.